The lowest BCUT2D eigenvalue weighted by Gasteiger charge is -2.25. The fourth-order valence-corrected chi connectivity index (χ4v) is 1.70. The van der Waals surface area contributed by atoms with Crippen molar-refractivity contribution in [2.45, 2.75) is 0 Å². The highest BCUT2D eigenvalue weighted by atomic mass is 32.3. The van der Waals surface area contributed by atoms with E-state index in [0.29, 0.717) is 11.4 Å². The normalized spacial score (nSPS) is 11.7. The molecule has 0 saturated carbocycles. The van der Waals surface area contributed by atoms with Gasteiger partial charge >= 0.3 is 0 Å². The van der Waals surface area contributed by atoms with E-state index in [1.165, 1.54) is 12.1 Å². The Morgan fingerprint density at radius 3 is 2.65 bits per heavy atom. The largest absolute Gasteiger partial charge is 0.344 e. The van der Waals surface area contributed by atoms with Gasteiger partial charge in [-0.3, -0.25) is 4.79 Å². The Labute approximate surface area is 102 Å². The van der Waals surface area contributed by atoms with Crippen LogP contribution in [-0.4, -0.2) is 30.6 Å². The van der Waals surface area contributed by atoms with E-state index in [4.69, 9.17) is 5.26 Å². The van der Waals surface area contributed by atoms with E-state index >= 15 is 0 Å². The summed E-state index contributed by atoms with van der Waals surface area (Å²) in [6.07, 6.45) is 6.25. The van der Waals surface area contributed by atoms with Crippen molar-refractivity contribution in [3.05, 3.63) is 35.1 Å². The highest BCUT2D eigenvalue weighted by Crippen LogP contribution is 2.32. The first-order valence-corrected chi connectivity index (χ1v) is 8.00. The molecule has 1 amide bonds. The third-order valence-electron chi connectivity index (χ3n) is 2.01. The quantitative estimate of drug-likeness (QED) is 0.897. The highest BCUT2D eigenvalue weighted by Gasteiger charge is 2.11. The average molecular weight is 254 g/mol. The van der Waals surface area contributed by atoms with Crippen LogP contribution in [0, 0.1) is 17.1 Å². The minimum absolute atomic E-state index is 0.110. The van der Waals surface area contributed by atoms with Crippen molar-refractivity contribution in [3.63, 3.8) is 0 Å². The maximum Gasteiger partial charge on any atom is 0.251 e. The van der Waals surface area contributed by atoms with E-state index in [9.17, 15) is 9.18 Å². The van der Waals surface area contributed by atoms with Gasteiger partial charge in [-0.1, -0.05) is 0 Å². The number of nitrogens with zero attached hydrogens (tertiary/aromatic N) is 1. The maximum atomic E-state index is 13.1. The molecular weight excluding hydrogens is 239 g/mol. The number of benzene rings is 1. The van der Waals surface area contributed by atoms with E-state index in [0.717, 1.165) is 6.07 Å². The molecule has 0 aromatic heterocycles. The SMILES string of the molecule is CS(C)(C)CNC(=O)c1ccc(F)c(C#N)c1. The standard InChI is InChI=1S/C12H15FN2OS/c1-17(2,3)8-15-12(16)9-4-5-11(13)10(6-9)7-14/h4-6H,8H2,1-3H3,(H,15,16). The second kappa shape index (κ2) is 5.19. The van der Waals surface area contributed by atoms with Gasteiger partial charge < -0.3 is 5.32 Å². The van der Waals surface area contributed by atoms with E-state index in [-0.39, 0.29) is 11.5 Å². The molecule has 0 aliphatic carbocycles. The van der Waals surface area contributed by atoms with E-state index in [1.54, 1.807) is 6.07 Å². The van der Waals surface area contributed by atoms with Gasteiger partial charge in [-0.15, -0.1) is 0 Å². The van der Waals surface area contributed by atoms with Gasteiger partial charge in [0.25, 0.3) is 5.91 Å². The van der Waals surface area contributed by atoms with Crippen LogP contribution in [0.4, 0.5) is 4.39 Å². The van der Waals surface area contributed by atoms with Crippen LogP contribution >= 0.6 is 10.0 Å². The molecule has 0 bridgehead atoms. The van der Waals surface area contributed by atoms with Crippen LogP contribution < -0.4 is 5.32 Å². The molecule has 0 fully saturated rings. The van der Waals surface area contributed by atoms with Gasteiger partial charge in [0, 0.05) is 11.4 Å². The molecule has 1 rings (SSSR count). The van der Waals surface area contributed by atoms with Crippen LogP contribution in [0.5, 0.6) is 0 Å². The summed E-state index contributed by atoms with van der Waals surface area (Å²) in [5, 5.41) is 11.4. The molecule has 3 nitrogen and oxygen atoms in total. The number of nitrogens with one attached hydrogen (secondary N) is 1. The number of carbonyl (C=O) groups is 1. The zero-order valence-electron chi connectivity index (χ0n) is 10.1. The van der Waals surface area contributed by atoms with Crippen molar-refractivity contribution in [1.29, 1.82) is 5.26 Å². The third kappa shape index (κ3) is 4.08. The van der Waals surface area contributed by atoms with Crippen LogP contribution in [-0.2, 0) is 0 Å². The smallest absolute Gasteiger partial charge is 0.251 e. The summed E-state index contributed by atoms with van der Waals surface area (Å²) in [4.78, 5) is 11.7. The lowest BCUT2D eigenvalue weighted by atomic mass is 10.1. The maximum absolute atomic E-state index is 13.1. The molecule has 1 aromatic rings. The number of halogens is 1. The minimum Gasteiger partial charge on any atom is -0.344 e. The molecule has 0 atom stereocenters. The molecule has 5 heteroatoms. The first-order chi connectivity index (χ1) is 7.83. The molecule has 0 heterocycles. The number of carbonyl (C=O) groups excluding carboxylic acids is 1. The Balaban J connectivity index is 2.81. The molecular formula is C12H15FN2OS. The van der Waals surface area contributed by atoms with Crippen LogP contribution in [0.1, 0.15) is 15.9 Å². The zero-order valence-corrected chi connectivity index (χ0v) is 10.9. The van der Waals surface area contributed by atoms with Crippen LogP contribution in [0.25, 0.3) is 0 Å². The van der Waals surface area contributed by atoms with Gasteiger partial charge in [-0.2, -0.15) is 5.26 Å². The van der Waals surface area contributed by atoms with E-state index in [1.807, 2.05) is 0 Å². The minimum atomic E-state index is -0.822. The van der Waals surface area contributed by atoms with Gasteiger partial charge in [-0.25, -0.2) is 14.4 Å². The van der Waals surface area contributed by atoms with Crippen LogP contribution in [0.15, 0.2) is 18.2 Å². The Kier molecular flexibility index (Phi) is 4.13. The van der Waals surface area contributed by atoms with Gasteiger partial charge in [0.05, 0.1) is 5.56 Å². The zero-order chi connectivity index (χ0) is 13.1. The molecule has 0 aliphatic rings. The number of amides is 1. The predicted molar refractivity (Wildman–Crippen MR) is 68.8 cm³/mol. The average Bonchev–Trinajstić information content (AvgIpc) is 2.25. The van der Waals surface area contributed by atoms with Gasteiger partial charge in [0.2, 0.25) is 0 Å². The fourth-order valence-electron chi connectivity index (χ4n) is 1.14. The van der Waals surface area contributed by atoms with Crippen molar-refractivity contribution in [2.24, 2.45) is 0 Å². The molecule has 0 spiro atoms. The van der Waals surface area contributed by atoms with E-state index in [2.05, 4.69) is 24.1 Å². The number of hydrogen-bond acceptors (Lipinski definition) is 2. The molecule has 1 aromatic carbocycles. The summed E-state index contributed by atoms with van der Waals surface area (Å²) in [6, 6.07) is 5.49. The second-order valence-corrected chi connectivity index (χ2v) is 9.02. The highest BCUT2D eigenvalue weighted by molar-refractivity contribution is 8.32. The molecule has 92 valence electrons. The summed E-state index contributed by atoms with van der Waals surface area (Å²) >= 11 is 0. The molecule has 1 N–H and O–H groups in total. The third-order valence-corrected chi connectivity index (χ3v) is 3.03. The van der Waals surface area contributed by atoms with Crippen LogP contribution in [0.2, 0.25) is 0 Å². The van der Waals surface area contributed by atoms with Crippen LogP contribution in [0.3, 0.4) is 0 Å². The molecule has 0 radical (unpaired) electrons. The van der Waals surface area contributed by atoms with Gasteiger partial charge in [0.15, 0.2) is 0 Å². The van der Waals surface area contributed by atoms with Gasteiger partial charge in [0.1, 0.15) is 11.9 Å². The molecule has 0 unspecified atom stereocenters. The lowest BCUT2D eigenvalue weighted by Crippen LogP contribution is -2.27. The number of rotatable bonds is 3. The summed E-state index contributed by atoms with van der Waals surface area (Å²) < 4.78 is 13.1. The first-order valence-electron chi connectivity index (χ1n) is 4.97. The number of hydrogen-bond donors (Lipinski definition) is 1. The number of nitriles is 1. The van der Waals surface area contributed by atoms with Crippen molar-refractivity contribution in [3.8, 4) is 6.07 Å². The monoisotopic (exact) mass is 254 g/mol. The Morgan fingerprint density at radius 2 is 2.12 bits per heavy atom. The Hall–Kier alpha value is -1.54. The first kappa shape index (κ1) is 13.5. The van der Waals surface area contributed by atoms with Crippen molar-refractivity contribution < 1.29 is 9.18 Å². The molecule has 17 heavy (non-hydrogen) atoms. The van der Waals surface area contributed by atoms with E-state index < -0.39 is 15.8 Å². The lowest BCUT2D eigenvalue weighted by molar-refractivity contribution is 0.0960. The van der Waals surface area contributed by atoms with Gasteiger partial charge in [-0.05, 0) is 37.0 Å². The Morgan fingerprint density at radius 1 is 1.47 bits per heavy atom. The molecule has 0 saturated heterocycles. The summed E-state index contributed by atoms with van der Waals surface area (Å²) in [5.74, 6) is -0.278. The second-order valence-electron chi connectivity index (χ2n) is 4.55. The predicted octanol–water partition coefficient (Wildman–Crippen LogP) is 2.08. The van der Waals surface area contributed by atoms with Crippen molar-refractivity contribution in [1.82, 2.24) is 5.32 Å². The molecule has 0 aliphatic heterocycles. The fraction of sp³-hybridized carbons (Fsp3) is 0.333. The Bertz CT molecular complexity index is 474. The summed E-state index contributed by atoms with van der Waals surface area (Å²) in [5.41, 5.74) is 0.201. The topological polar surface area (TPSA) is 52.9 Å². The summed E-state index contributed by atoms with van der Waals surface area (Å²) in [6.45, 7) is 0. The van der Waals surface area contributed by atoms with Crippen molar-refractivity contribution >= 4 is 15.9 Å². The summed E-state index contributed by atoms with van der Waals surface area (Å²) in [7, 11) is -0.822. The van der Waals surface area contributed by atoms with Crippen molar-refractivity contribution in [2.75, 3.05) is 24.6 Å².